The van der Waals surface area contributed by atoms with Crippen LogP contribution < -0.4 is 0 Å². The summed E-state index contributed by atoms with van der Waals surface area (Å²) in [5.41, 5.74) is 0. The molecule has 5 aliphatic heterocycles. The fourth-order valence-electron chi connectivity index (χ4n) is 4.01. The van der Waals surface area contributed by atoms with Gasteiger partial charge in [-0.1, -0.05) is 0 Å². The van der Waals surface area contributed by atoms with Gasteiger partial charge in [-0.3, -0.25) is 0 Å². The van der Waals surface area contributed by atoms with Crippen molar-refractivity contribution in [2.24, 2.45) is 0 Å². The first-order valence-corrected chi connectivity index (χ1v) is 11.7. The Morgan fingerprint density at radius 3 is 1.91 bits per heavy atom. The van der Waals surface area contributed by atoms with Crippen LogP contribution >= 0.6 is 0 Å². The summed E-state index contributed by atoms with van der Waals surface area (Å²) >= 11 is 0. The Morgan fingerprint density at radius 2 is 1.38 bits per heavy atom. The predicted molar refractivity (Wildman–Crippen MR) is 108 cm³/mol. The van der Waals surface area contributed by atoms with Gasteiger partial charge in [-0.25, -0.2) is 4.79 Å². The maximum Gasteiger partial charge on any atom is 0.378 e. The summed E-state index contributed by atoms with van der Waals surface area (Å²) in [5, 5.41) is 8.51. The number of aliphatic hydroxyl groups excluding tert-OH is 1. The van der Waals surface area contributed by atoms with E-state index < -0.39 is 24.7 Å². The van der Waals surface area contributed by atoms with E-state index in [0.29, 0.717) is 32.0 Å². The first-order chi connectivity index (χ1) is 15.7. The van der Waals surface area contributed by atoms with Crippen molar-refractivity contribution >= 4 is 5.97 Å². The third kappa shape index (κ3) is 6.79. The second-order valence-electron chi connectivity index (χ2n) is 8.28. The van der Waals surface area contributed by atoms with Gasteiger partial charge in [0.25, 0.3) is 0 Å². The third-order valence-electron chi connectivity index (χ3n) is 5.71. The summed E-state index contributed by atoms with van der Waals surface area (Å²) in [7, 11) is 0. The lowest BCUT2D eigenvalue weighted by Gasteiger charge is -2.20. The molecule has 32 heavy (non-hydrogen) atoms. The van der Waals surface area contributed by atoms with E-state index in [0.717, 1.165) is 64.6 Å². The topological polar surface area (TPSA) is 111 Å². The van der Waals surface area contributed by atoms with E-state index in [4.69, 9.17) is 43.0 Å². The number of carbonyl (C=O) groups excluding carboxylic acids is 1. The highest BCUT2D eigenvalue weighted by Crippen LogP contribution is 2.32. The third-order valence-corrected chi connectivity index (χ3v) is 5.71. The predicted octanol–water partition coefficient (Wildman–Crippen LogP) is 2.09. The van der Waals surface area contributed by atoms with E-state index >= 15 is 0 Å². The second-order valence-corrected chi connectivity index (χ2v) is 8.28. The minimum atomic E-state index is -0.537. The number of hydrogen-bond acceptors (Lipinski definition) is 10. The van der Waals surface area contributed by atoms with Crippen LogP contribution in [0.15, 0.2) is 11.5 Å². The molecule has 0 amide bonds. The summed E-state index contributed by atoms with van der Waals surface area (Å²) in [6, 6.07) is 0. The maximum atomic E-state index is 12.3. The van der Waals surface area contributed by atoms with Gasteiger partial charge in [0.15, 0.2) is 37.0 Å². The summed E-state index contributed by atoms with van der Waals surface area (Å²) in [6.45, 7) is 3.17. The number of ether oxygens (including phenoxy) is 8. The van der Waals surface area contributed by atoms with Gasteiger partial charge in [-0.05, 0) is 25.7 Å². The van der Waals surface area contributed by atoms with Crippen LogP contribution in [0.25, 0.3) is 0 Å². The quantitative estimate of drug-likeness (QED) is 0.543. The Hall–Kier alpha value is -1.43. The molecule has 0 aromatic rings. The van der Waals surface area contributed by atoms with E-state index in [1.807, 2.05) is 0 Å². The molecule has 0 spiro atoms. The highest BCUT2D eigenvalue weighted by Gasteiger charge is 2.41. The molecule has 0 aromatic carbocycles. The average molecular weight is 459 g/mol. The van der Waals surface area contributed by atoms with Crippen LogP contribution in [0.1, 0.15) is 57.8 Å². The summed E-state index contributed by atoms with van der Waals surface area (Å²) in [4.78, 5) is 12.3. The fourth-order valence-corrected chi connectivity index (χ4v) is 4.01. The van der Waals surface area contributed by atoms with Crippen LogP contribution in [0, 0.1) is 0 Å². The van der Waals surface area contributed by atoms with Crippen molar-refractivity contribution in [3.05, 3.63) is 11.5 Å². The van der Waals surface area contributed by atoms with Crippen LogP contribution in [0.2, 0.25) is 0 Å². The van der Waals surface area contributed by atoms with Gasteiger partial charge in [-0.2, -0.15) is 0 Å². The molecule has 1 N–H and O–H groups in total. The van der Waals surface area contributed by atoms with Crippen LogP contribution in [-0.4, -0.2) is 75.4 Å². The van der Waals surface area contributed by atoms with Crippen LogP contribution in [0.3, 0.4) is 0 Å². The Bertz CT molecular complexity index is 614. The van der Waals surface area contributed by atoms with Crippen LogP contribution in [0.5, 0.6) is 0 Å². The summed E-state index contributed by atoms with van der Waals surface area (Å²) in [6.07, 6.45) is 5.63. The molecule has 0 bridgehead atoms. The number of rotatable bonds is 8. The Morgan fingerprint density at radius 1 is 0.781 bits per heavy atom. The minimum Gasteiger partial charge on any atom is -0.461 e. The van der Waals surface area contributed by atoms with E-state index in [2.05, 4.69) is 0 Å². The Kier molecular flexibility index (Phi) is 9.01. The van der Waals surface area contributed by atoms with Gasteiger partial charge in [0, 0.05) is 45.3 Å². The van der Waals surface area contributed by atoms with Crippen molar-refractivity contribution in [2.75, 3.05) is 33.0 Å². The molecule has 5 aliphatic rings. The largest absolute Gasteiger partial charge is 0.461 e. The first-order valence-electron chi connectivity index (χ1n) is 11.7. The molecule has 0 saturated carbocycles. The number of hydrogen-bond donors (Lipinski definition) is 1. The molecular formula is C22H34O10. The zero-order valence-corrected chi connectivity index (χ0v) is 18.4. The molecule has 5 atom stereocenters. The molecule has 0 radical (unpaired) electrons. The molecule has 4 fully saturated rings. The molecular weight excluding hydrogens is 424 g/mol. The number of aliphatic hydroxyl groups is 1. The minimum absolute atomic E-state index is 0.106. The van der Waals surface area contributed by atoms with Gasteiger partial charge < -0.3 is 43.0 Å². The lowest BCUT2D eigenvalue weighted by Crippen LogP contribution is -2.22. The zero-order chi connectivity index (χ0) is 22.2. The standard InChI is InChI=1S/C18H26O8.C4H8O2/c19-18-17(26-15-6-3-10-22-15)16(25-14-5-2-9-21-14)12(24-18)7-11-23-13-4-1-8-20-13;5-4-2-1-3-6-4/h12-15H,1-11H2;4-5H,1-3H2. The molecule has 5 unspecified atom stereocenters. The number of carbonyl (C=O) groups is 1. The van der Waals surface area contributed by atoms with Gasteiger partial charge in [0.2, 0.25) is 5.76 Å². The van der Waals surface area contributed by atoms with E-state index in [1.54, 1.807) is 0 Å². The highest BCUT2D eigenvalue weighted by atomic mass is 16.7. The monoisotopic (exact) mass is 458 g/mol. The van der Waals surface area contributed by atoms with Crippen LogP contribution in [0.4, 0.5) is 0 Å². The summed E-state index contributed by atoms with van der Waals surface area (Å²) in [5.74, 6) is -0.0153. The van der Waals surface area contributed by atoms with Crippen molar-refractivity contribution in [2.45, 2.75) is 89.1 Å². The van der Waals surface area contributed by atoms with Crippen molar-refractivity contribution in [3.8, 4) is 0 Å². The Balaban J connectivity index is 0.000000354. The summed E-state index contributed by atoms with van der Waals surface area (Å²) < 4.78 is 44.0. The van der Waals surface area contributed by atoms with Gasteiger partial charge >= 0.3 is 5.97 Å². The first kappa shape index (κ1) is 23.7. The van der Waals surface area contributed by atoms with Crippen molar-refractivity contribution < 1.29 is 47.8 Å². The molecule has 5 heterocycles. The second kappa shape index (κ2) is 12.2. The van der Waals surface area contributed by atoms with Crippen molar-refractivity contribution in [3.63, 3.8) is 0 Å². The van der Waals surface area contributed by atoms with Gasteiger partial charge in [0.1, 0.15) is 0 Å². The molecule has 0 aliphatic carbocycles. The molecule has 10 nitrogen and oxygen atoms in total. The van der Waals surface area contributed by atoms with E-state index in [1.165, 1.54) is 0 Å². The number of cyclic esters (lactones) is 1. The van der Waals surface area contributed by atoms with Gasteiger partial charge in [0.05, 0.1) is 19.8 Å². The lowest BCUT2D eigenvalue weighted by atomic mass is 10.2. The highest BCUT2D eigenvalue weighted by molar-refractivity contribution is 5.89. The SMILES string of the molecule is O=C1OC(CCOC2CCCO2)C(OC2CCCO2)=C1OC1CCCO1.OC1CCCO1. The number of esters is 1. The van der Waals surface area contributed by atoms with Crippen molar-refractivity contribution in [1.82, 2.24) is 0 Å². The van der Waals surface area contributed by atoms with Gasteiger partial charge in [-0.15, -0.1) is 0 Å². The van der Waals surface area contributed by atoms with E-state index in [9.17, 15) is 4.79 Å². The normalized spacial score (nSPS) is 34.5. The molecule has 0 aromatic heterocycles. The molecule has 182 valence electrons. The van der Waals surface area contributed by atoms with Crippen LogP contribution in [-0.2, 0) is 42.7 Å². The zero-order valence-electron chi connectivity index (χ0n) is 18.4. The molecule has 10 heteroatoms. The average Bonchev–Trinajstić information content (AvgIpc) is 3.60. The fraction of sp³-hybridized carbons (Fsp3) is 0.864. The smallest absolute Gasteiger partial charge is 0.378 e. The van der Waals surface area contributed by atoms with E-state index in [-0.39, 0.29) is 18.3 Å². The lowest BCUT2D eigenvalue weighted by molar-refractivity contribution is -0.151. The molecule has 4 saturated heterocycles. The Labute approximate surface area is 188 Å². The maximum absolute atomic E-state index is 12.3. The van der Waals surface area contributed by atoms with Crippen molar-refractivity contribution in [1.29, 1.82) is 0 Å². The molecule has 5 rings (SSSR count).